The number of ketones is 1. The largest absolute Gasteiger partial charge is 0.382 e. The van der Waals surface area contributed by atoms with Crippen LogP contribution in [0.4, 0.5) is 28.0 Å². The molecule has 3 aromatic rings. The van der Waals surface area contributed by atoms with Crippen molar-refractivity contribution in [3.05, 3.63) is 69.1 Å². The lowest BCUT2D eigenvalue weighted by atomic mass is 9.99. The van der Waals surface area contributed by atoms with Crippen LogP contribution < -0.4 is 16.0 Å². The van der Waals surface area contributed by atoms with Gasteiger partial charge in [-0.3, -0.25) is 14.9 Å². The molecule has 0 radical (unpaired) electrons. The van der Waals surface area contributed by atoms with Gasteiger partial charge in [0.05, 0.1) is 4.92 Å². The van der Waals surface area contributed by atoms with Gasteiger partial charge in [-0.25, -0.2) is 4.98 Å². The molecule has 3 N–H and O–H groups in total. The van der Waals surface area contributed by atoms with Crippen LogP contribution in [0, 0.1) is 10.1 Å². The third-order valence-corrected chi connectivity index (χ3v) is 8.02. The minimum absolute atomic E-state index is 0.104. The Bertz CT molecular complexity index is 1230. The topological polar surface area (TPSA) is 118 Å². The molecule has 9 nitrogen and oxygen atoms in total. The molecule has 0 spiro atoms. The highest BCUT2D eigenvalue weighted by Crippen LogP contribution is 2.31. The predicted molar refractivity (Wildman–Crippen MR) is 143 cm³/mol. The molecule has 10 heteroatoms. The number of nitro benzene ring substituents is 1. The standard InChI is InChI=1S/C26H30N6O3S/c27-25-24(23(33)18-5-4-6-22(17-18)32(34)35)36-26(29-25)28-19-7-9-20(10-8-19)31-15-11-21(12-16-31)30-13-2-1-3-14-30/h4-10,17,21H,1-3,11-16,27H2,(H,28,29). The molecule has 2 aliphatic rings. The summed E-state index contributed by atoms with van der Waals surface area (Å²) in [5, 5.41) is 14.8. The zero-order valence-electron chi connectivity index (χ0n) is 20.1. The fourth-order valence-corrected chi connectivity index (χ4v) is 5.96. The quantitative estimate of drug-likeness (QED) is 0.259. The Labute approximate surface area is 214 Å². The number of likely N-dealkylation sites (tertiary alicyclic amines) is 1. The normalized spacial score (nSPS) is 17.2. The fourth-order valence-electron chi connectivity index (χ4n) is 5.09. The lowest BCUT2D eigenvalue weighted by Crippen LogP contribution is -2.46. The molecule has 1 aromatic heterocycles. The molecule has 0 bridgehead atoms. The number of nitrogens with two attached hydrogens (primary N) is 1. The second-order valence-electron chi connectivity index (χ2n) is 9.36. The van der Waals surface area contributed by atoms with Gasteiger partial charge in [0.25, 0.3) is 5.69 Å². The van der Waals surface area contributed by atoms with Gasteiger partial charge >= 0.3 is 0 Å². The van der Waals surface area contributed by atoms with Gasteiger partial charge in [-0.15, -0.1) is 0 Å². The predicted octanol–water partition coefficient (Wildman–Crippen LogP) is 5.06. The molecule has 2 saturated heterocycles. The Morgan fingerprint density at radius 1 is 1.06 bits per heavy atom. The molecule has 36 heavy (non-hydrogen) atoms. The molecule has 0 atom stereocenters. The molecule has 3 heterocycles. The van der Waals surface area contributed by atoms with Gasteiger partial charge in [0.1, 0.15) is 10.7 Å². The van der Waals surface area contributed by atoms with Crippen molar-refractivity contribution in [1.82, 2.24) is 9.88 Å². The van der Waals surface area contributed by atoms with Crippen LogP contribution in [0.3, 0.4) is 0 Å². The van der Waals surface area contributed by atoms with Crippen LogP contribution in [-0.4, -0.2) is 52.8 Å². The average molecular weight is 507 g/mol. The van der Waals surface area contributed by atoms with E-state index in [0.717, 1.165) is 36.2 Å². The molecule has 188 valence electrons. The third kappa shape index (κ3) is 5.34. The smallest absolute Gasteiger partial charge is 0.270 e. The minimum atomic E-state index is -0.527. The molecule has 5 rings (SSSR count). The highest BCUT2D eigenvalue weighted by molar-refractivity contribution is 7.18. The maximum atomic E-state index is 12.9. The first-order chi connectivity index (χ1) is 17.5. The molecule has 0 amide bonds. The number of piperidine rings is 2. The average Bonchev–Trinajstić information content (AvgIpc) is 3.29. The maximum absolute atomic E-state index is 12.9. The Kier molecular flexibility index (Phi) is 7.15. The summed E-state index contributed by atoms with van der Waals surface area (Å²) in [6.07, 6.45) is 6.46. The van der Waals surface area contributed by atoms with Gasteiger partial charge in [0.2, 0.25) is 5.78 Å². The van der Waals surface area contributed by atoms with Gasteiger partial charge < -0.3 is 20.9 Å². The van der Waals surface area contributed by atoms with Gasteiger partial charge in [0.15, 0.2) is 5.13 Å². The van der Waals surface area contributed by atoms with E-state index in [2.05, 4.69) is 32.2 Å². The van der Waals surface area contributed by atoms with Gasteiger partial charge in [-0.05, 0) is 63.0 Å². The molecule has 2 aliphatic heterocycles. The second kappa shape index (κ2) is 10.6. The Morgan fingerprint density at radius 3 is 2.47 bits per heavy atom. The number of nitrogens with one attached hydrogen (secondary N) is 1. The number of carbonyl (C=O) groups excluding carboxylic acids is 1. The van der Waals surface area contributed by atoms with Crippen molar-refractivity contribution < 1.29 is 9.72 Å². The number of non-ortho nitro benzene ring substituents is 1. The number of benzene rings is 2. The minimum Gasteiger partial charge on any atom is -0.382 e. The lowest BCUT2D eigenvalue weighted by Gasteiger charge is -2.41. The number of thiazole rings is 1. The lowest BCUT2D eigenvalue weighted by molar-refractivity contribution is -0.384. The molecule has 0 saturated carbocycles. The summed E-state index contributed by atoms with van der Waals surface area (Å²) in [6.45, 7) is 4.65. The SMILES string of the molecule is Nc1nc(Nc2ccc(N3CCC(N4CCCCC4)CC3)cc2)sc1C(=O)c1cccc([N+](=O)[O-])c1. The van der Waals surface area contributed by atoms with E-state index >= 15 is 0 Å². The first kappa shape index (κ1) is 24.2. The van der Waals surface area contributed by atoms with Crippen LogP contribution in [0.25, 0.3) is 0 Å². The Morgan fingerprint density at radius 2 is 1.78 bits per heavy atom. The summed E-state index contributed by atoms with van der Waals surface area (Å²) in [5.41, 5.74) is 8.14. The fraction of sp³-hybridized carbons (Fsp3) is 0.385. The number of hydrogen-bond donors (Lipinski definition) is 2. The molecule has 2 aromatic carbocycles. The van der Waals surface area contributed by atoms with E-state index < -0.39 is 4.92 Å². The summed E-state index contributed by atoms with van der Waals surface area (Å²) in [5.74, 6) is -0.280. The zero-order chi connectivity index (χ0) is 25.1. The van der Waals surface area contributed by atoms with Crippen LogP contribution in [0.2, 0.25) is 0 Å². The van der Waals surface area contributed by atoms with Gasteiger partial charge in [-0.2, -0.15) is 0 Å². The summed E-state index contributed by atoms with van der Waals surface area (Å²) in [6, 6.07) is 14.6. The highest BCUT2D eigenvalue weighted by Gasteiger charge is 2.26. The van der Waals surface area contributed by atoms with Crippen molar-refractivity contribution in [2.75, 3.05) is 42.1 Å². The van der Waals surface area contributed by atoms with E-state index in [9.17, 15) is 14.9 Å². The Balaban J connectivity index is 1.20. The maximum Gasteiger partial charge on any atom is 0.270 e. The number of carbonyl (C=O) groups is 1. The monoisotopic (exact) mass is 506 g/mol. The summed E-state index contributed by atoms with van der Waals surface area (Å²) >= 11 is 1.14. The summed E-state index contributed by atoms with van der Waals surface area (Å²) < 4.78 is 0. The van der Waals surface area contributed by atoms with Crippen molar-refractivity contribution in [3.8, 4) is 0 Å². The molecular weight excluding hydrogens is 476 g/mol. The molecule has 0 unspecified atom stereocenters. The van der Waals surface area contributed by atoms with E-state index in [4.69, 9.17) is 5.73 Å². The Hall–Kier alpha value is -3.50. The van der Waals surface area contributed by atoms with Gasteiger partial charge in [-0.1, -0.05) is 29.9 Å². The van der Waals surface area contributed by atoms with Crippen molar-refractivity contribution in [1.29, 1.82) is 0 Å². The molecule has 2 fully saturated rings. The van der Waals surface area contributed by atoms with Crippen LogP contribution in [0.15, 0.2) is 48.5 Å². The number of nitrogen functional groups attached to an aromatic ring is 1. The third-order valence-electron chi connectivity index (χ3n) is 7.03. The van der Waals surface area contributed by atoms with E-state index in [-0.39, 0.29) is 27.7 Å². The molecular formula is C26H30N6O3S. The van der Waals surface area contributed by atoms with Gasteiger partial charge in [0, 0.05) is 48.2 Å². The zero-order valence-corrected chi connectivity index (χ0v) is 20.9. The second-order valence-corrected chi connectivity index (χ2v) is 10.4. The number of aromatic nitrogens is 1. The van der Waals surface area contributed by atoms with E-state index in [0.29, 0.717) is 5.13 Å². The van der Waals surface area contributed by atoms with E-state index in [1.54, 1.807) is 0 Å². The summed E-state index contributed by atoms with van der Waals surface area (Å²) in [7, 11) is 0. The number of rotatable bonds is 7. The van der Waals surface area contributed by atoms with Crippen LogP contribution in [-0.2, 0) is 0 Å². The number of nitro groups is 1. The van der Waals surface area contributed by atoms with E-state index in [1.807, 2.05) is 12.1 Å². The number of hydrogen-bond acceptors (Lipinski definition) is 9. The first-order valence-electron chi connectivity index (χ1n) is 12.4. The van der Waals surface area contributed by atoms with Crippen molar-refractivity contribution in [2.24, 2.45) is 0 Å². The van der Waals surface area contributed by atoms with Crippen molar-refractivity contribution in [3.63, 3.8) is 0 Å². The molecule has 0 aliphatic carbocycles. The number of anilines is 4. The summed E-state index contributed by atoms with van der Waals surface area (Å²) in [4.78, 5) is 33.1. The number of nitrogens with zero attached hydrogens (tertiary/aromatic N) is 4. The van der Waals surface area contributed by atoms with Crippen molar-refractivity contribution in [2.45, 2.75) is 38.1 Å². The van der Waals surface area contributed by atoms with Crippen LogP contribution in [0.1, 0.15) is 47.3 Å². The first-order valence-corrected chi connectivity index (χ1v) is 13.2. The highest BCUT2D eigenvalue weighted by atomic mass is 32.1. The van der Waals surface area contributed by atoms with E-state index in [1.165, 1.54) is 75.1 Å². The van der Waals surface area contributed by atoms with Crippen molar-refractivity contribution >= 4 is 45.1 Å². The van der Waals surface area contributed by atoms with Crippen LogP contribution >= 0.6 is 11.3 Å². The van der Waals surface area contributed by atoms with Crippen LogP contribution in [0.5, 0.6) is 0 Å².